The van der Waals surface area contributed by atoms with E-state index in [1.54, 1.807) is 6.07 Å². The van der Waals surface area contributed by atoms with Gasteiger partial charge in [-0.15, -0.1) is 0 Å². The number of rotatable bonds is 1. The minimum atomic E-state index is -0.358. The van der Waals surface area contributed by atoms with Gasteiger partial charge in [0, 0.05) is 10.0 Å². The quantitative estimate of drug-likeness (QED) is 0.543. The van der Waals surface area contributed by atoms with E-state index >= 15 is 0 Å². The Morgan fingerprint density at radius 3 is 2.50 bits per heavy atom. The number of nitrogens with zero attached hydrogens (tertiary/aromatic N) is 1. The van der Waals surface area contributed by atoms with Crippen molar-refractivity contribution in [3.63, 3.8) is 0 Å². The molecule has 4 heteroatoms. The van der Waals surface area contributed by atoms with Crippen LogP contribution in [-0.4, -0.2) is 4.98 Å². The number of pyridine rings is 1. The second-order valence-electron chi connectivity index (χ2n) is 4.52. The maximum Gasteiger partial charge on any atom is 0.134 e. The van der Waals surface area contributed by atoms with Crippen LogP contribution in [0.3, 0.4) is 0 Å². The molecule has 1 aromatic heterocycles. The maximum atomic E-state index is 14.0. The van der Waals surface area contributed by atoms with Crippen molar-refractivity contribution >= 4 is 38.4 Å². The highest BCUT2D eigenvalue weighted by Crippen LogP contribution is 2.36. The lowest BCUT2D eigenvalue weighted by atomic mass is 10.0. The van der Waals surface area contributed by atoms with Crippen LogP contribution < -0.4 is 0 Å². The van der Waals surface area contributed by atoms with Crippen molar-refractivity contribution in [3.05, 3.63) is 63.3 Å². The van der Waals surface area contributed by atoms with Gasteiger partial charge in [0.2, 0.25) is 0 Å². The molecule has 0 saturated heterocycles. The number of benzene rings is 2. The third-order valence-corrected chi connectivity index (χ3v) is 4.36. The van der Waals surface area contributed by atoms with Crippen molar-refractivity contribution in [3.8, 4) is 11.3 Å². The first kappa shape index (κ1) is 13.5. The summed E-state index contributed by atoms with van der Waals surface area (Å²) in [5.74, 6) is -0.358. The average molecular weight is 351 g/mol. The molecule has 0 aliphatic carbocycles. The number of halogens is 3. The molecule has 3 aromatic rings. The van der Waals surface area contributed by atoms with Crippen molar-refractivity contribution in [2.75, 3.05) is 0 Å². The van der Waals surface area contributed by atoms with E-state index in [4.69, 9.17) is 11.6 Å². The molecule has 0 bridgehead atoms. The fourth-order valence-corrected chi connectivity index (χ4v) is 2.91. The molecule has 0 fully saturated rings. The Labute approximate surface area is 129 Å². The molecule has 0 saturated carbocycles. The van der Waals surface area contributed by atoms with Crippen LogP contribution in [-0.2, 0) is 0 Å². The fraction of sp³-hybridized carbons (Fsp3) is 0.0625. The van der Waals surface area contributed by atoms with Crippen molar-refractivity contribution in [2.45, 2.75) is 6.92 Å². The van der Waals surface area contributed by atoms with Gasteiger partial charge in [0.1, 0.15) is 5.82 Å². The topological polar surface area (TPSA) is 12.9 Å². The van der Waals surface area contributed by atoms with Crippen molar-refractivity contribution in [1.29, 1.82) is 0 Å². The highest BCUT2D eigenvalue weighted by Gasteiger charge is 2.16. The zero-order valence-electron chi connectivity index (χ0n) is 10.6. The zero-order valence-corrected chi connectivity index (χ0v) is 13.0. The summed E-state index contributed by atoms with van der Waals surface area (Å²) in [6.45, 7) is 1.86. The first-order valence-corrected chi connectivity index (χ1v) is 7.26. The summed E-state index contributed by atoms with van der Waals surface area (Å²) in [6.07, 6.45) is 0. The number of hydrogen-bond donors (Lipinski definition) is 0. The summed E-state index contributed by atoms with van der Waals surface area (Å²) in [4.78, 5) is 4.59. The van der Waals surface area contributed by atoms with Gasteiger partial charge in [0.15, 0.2) is 0 Å². The zero-order chi connectivity index (χ0) is 14.3. The Bertz CT molecular complexity index is 803. The molecule has 0 unspecified atom stereocenters. The molecule has 0 N–H and O–H groups in total. The average Bonchev–Trinajstić information content (AvgIpc) is 2.47. The van der Waals surface area contributed by atoms with Crippen LogP contribution >= 0.6 is 27.5 Å². The summed E-state index contributed by atoms with van der Waals surface area (Å²) < 4.78 is 14.7. The van der Waals surface area contributed by atoms with Crippen LogP contribution in [0.4, 0.5) is 4.39 Å². The van der Waals surface area contributed by atoms with E-state index in [0.717, 1.165) is 21.3 Å². The Morgan fingerprint density at radius 1 is 1.10 bits per heavy atom. The summed E-state index contributed by atoms with van der Waals surface area (Å²) in [5.41, 5.74) is 3.06. The van der Waals surface area contributed by atoms with E-state index in [-0.39, 0.29) is 5.82 Å². The van der Waals surface area contributed by atoms with E-state index in [0.29, 0.717) is 15.9 Å². The minimum Gasteiger partial charge on any atom is -0.246 e. The second-order valence-corrected chi connectivity index (χ2v) is 5.75. The summed E-state index contributed by atoms with van der Waals surface area (Å²) in [5, 5.41) is 0.769. The van der Waals surface area contributed by atoms with Gasteiger partial charge in [-0.25, -0.2) is 9.37 Å². The molecule has 100 valence electrons. The van der Waals surface area contributed by atoms with Crippen LogP contribution in [0.2, 0.25) is 5.02 Å². The monoisotopic (exact) mass is 349 g/mol. The van der Waals surface area contributed by atoms with Crippen LogP contribution in [0.25, 0.3) is 22.2 Å². The second kappa shape index (κ2) is 5.15. The molecule has 0 spiro atoms. The smallest absolute Gasteiger partial charge is 0.134 e. The molecule has 1 nitrogen and oxygen atoms in total. The van der Waals surface area contributed by atoms with Gasteiger partial charge in [0.25, 0.3) is 0 Å². The number of hydrogen-bond acceptors (Lipinski definition) is 1. The van der Waals surface area contributed by atoms with E-state index < -0.39 is 0 Å². The standard InChI is InChI=1S/C16H10BrClFN/c1-9-14(18)13-12(19)8-7-11(17)16(13)20-15(9)10-5-3-2-4-6-10/h2-8H,1H3. The van der Waals surface area contributed by atoms with E-state index in [2.05, 4.69) is 20.9 Å². The molecule has 3 rings (SSSR count). The Hall–Kier alpha value is -1.45. The van der Waals surface area contributed by atoms with E-state index in [1.165, 1.54) is 6.07 Å². The first-order chi connectivity index (χ1) is 9.59. The van der Waals surface area contributed by atoms with E-state index in [1.807, 2.05) is 37.3 Å². The Balaban J connectivity index is 2.42. The van der Waals surface area contributed by atoms with Gasteiger partial charge >= 0.3 is 0 Å². The predicted octanol–water partition coefficient (Wildman–Crippen LogP) is 5.77. The number of fused-ring (bicyclic) bond motifs is 1. The molecular formula is C16H10BrClFN. The van der Waals surface area contributed by atoms with Crippen LogP contribution in [0, 0.1) is 12.7 Å². The predicted molar refractivity (Wildman–Crippen MR) is 84.6 cm³/mol. The first-order valence-electron chi connectivity index (χ1n) is 6.09. The van der Waals surface area contributed by atoms with Crippen LogP contribution in [0.15, 0.2) is 46.9 Å². The third kappa shape index (κ3) is 2.11. The largest absolute Gasteiger partial charge is 0.246 e. The van der Waals surface area contributed by atoms with Gasteiger partial charge in [-0.1, -0.05) is 41.9 Å². The van der Waals surface area contributed by atoms with Crippen LogP contribution in [0.5, 0.6) is 0 Å². The summed E-state index contributed by atoms with van der Waals surface area (Å²) in [6, 6.07) is 12.8. The lowest BCUT2D eigenvalue weighted by Gasteiger charge is -2.12. The van der Waals surface area contributed by atoms with Gasteiger partial charge < -0.3 is 0 Å². The van der Waals surface area contributed by atoms with Gasteiger partial charge in [-0.05, 0) is 40.5 Å². The van der Waals surface area contributed by atoms with Crippen LogP contribution in [0.1, 0.15) is 5.56 Å². The molecule has 0 amide bonds. The van der Waals surface area contributed by atoms with Gasteiger partial charge in [-0.2, -0.15) is 0 Å². The van der Waals surface area contributed by atoms with Gasteiger partial charge in [0.05, 0.1) is 21.6 Å². The lowest BCUT2D eigenvalue weighted by molar-refractivity contribution is 0.639. The normalized spacial score (nSPS) is 11.0. The minimum absolute atomic E-state index is 0.358. The van der Waals surface area contributed by atoms with Gasteiger partial charge in [-0.3, -0.25) is 0 Å². The molecule has 0 aliphatic heterocycles. The fourth-order valence-electron chi connectivity index (χ4n) is 2.22. The highest BCUT2D eigenvalue weighted by molar-refractivity contribution is 9.10. The van der Waals surface area contributed by atoms with Crippen molar-refractivity contribution < 1.29 is 4.39 Å². The van der Waals surface area contributed by atoms with E-state index in [9.17, 15) is 4.39 Å². The third-order valence-electron chi connectivity index (χ3n) is 3.25. The maximum absolute atomic E-state index is 14.0. The summed E-state index contributed by atoms with van der Waals surface area (Å²) >= 11 is 9.77. The molecule has 2 aromatic carbocycles. The number of aromatic nitrogens is 1. The van der Waals surface area contributed by atoms with Crippen molar-refractivity contribution in [2.24, 2.45) is 0 Å². The van der Waals surface area contributed by atoms with Crippen molar-refractivity contribution in [1.82, 2.24) is 4.98 Å². The molecule has 0 radical (unpaired) electrons. The Kier molecular flexibility index (Phi) is 3.48. The Morgan fingerprint density at radius 2 is 1.80 bits per heavy atom. The SMILES string of the molecule is Cc1c(-c2ccccc2)nc2c(Br)ccc(F)c2c1Cl. The molecule has 0 aliphatic rings. The summed E-state index contributed by atoms with van der Waals surface area (Å²) in [7, 11) is 0. The molecule has 1 heterocycles. The molecule has 20 heavy (non-hydrogen) atoms. The molecular weight excluding hydrogens is 341 g/mol. The molecule has 0 atom stereocenters. The lowest BCUT2D eigenvalue weighted by Crippen LogP contribution is -1.95. The highest BCUT2D eigenvalue weighted by atomic mass is 79.9.